The van der Waals surface area contributed by atoms with E-state index in [1.807, 2.05) is 0 Å². The molecule has 3 N–H and O–H groups in total. The maximum atomic E-state index is 10.8. The first-order valence-electron chi connectivity index (χ1n) is 3.92. The van der Waals surface area contributed by atoms with Gasteiger partial charge in [0.25, 0.3) is 0 Å². The van der Waals surface area contributed by atoms with Crippen LogP contribution >= 0.6 is 12.2 Å². The molecule has 0 aromatic rings. The van der Waals surface area contributed by atoms with E-state index in [1.54, 1.807) is 14.2 Å². The Bertz CT molecular complexity index is 175. The molecule has 6 heteroatoms. The third kappa shape index (κ3) is 7.48. The second-order valence-corrected chi connectivity index (χ2v) is 2.68. The average Bonchev–Trinajstić information content (AvgIpc) is 2.14. The van der Waals surface area contributed by atoms with Crippen molar-refractivity contribution in [2.45, 2.75) is 0 Å². The Morgan fingerprint density at radius 3 is 2.69 bits per heavy atom. The largest absolute Gasteiger partial charge is 0.383 e. The summed E-state index contributed by atoms with van der Waals surface area (Å²) in [6.07, 6.45) is 0. The molecule has 1 amide bonds. The summed E-state index contributed by atoms with van der Waals surface area (Å²) in [5, 5.41) is 8.56. The second-order valence-electron chi connectivity index (χ2n) is 2.28. The minimum Gasteiger partial charge on any atom is -0.383 e. The fraction of sp³-hybridized carbons (Fsp3) is 0.714. The standard InChI is InChI=1S/C7H15N3O2S/c1-8-6(11)5-10-7(13)9-3-4-12-2/h3-5H2,1-2H3,(H,8,11)(H2,9,10,13). The number of carbonyl (C=O) groups is 1. The summed E-state index contributed by atoms with van der Waals surface area (Å²) in [4.78, 5) is 10.8. The molecule has 0 unspecified atom stereocenters. The van der Waals surface area contributed by atoms with Gasteiger partial charge in [0.15, 0.2) is 5.11 Å². The van der Waals surface area contributed by atoms with Crippen LogP contribution in [-0.4, -0.2) is 44.9 Å². The van der Waals surface area contributed by atoms with E-state index in [2.05, 4.69) is 16.0 Å². The number of rotatable bonds is 5. The number of hydrogen-bond donors (Lipinski definition) is 3. The quantitative estimate of drug-likeness (QED) is 0.390. The van der Waals surface area contributed by atoms with Crippen LogP contribution in [0.3, 0.4) is 0 Å². The van der Waals surface area contributed by atoms with E-state index >= 15 is 0 Å². The minimum absolute atomic E-state index is 0.101. The molecule has 0 atom stereocenters. The molecule has 0 aliphatic carbocycles. The highest BCUT2D eigenvalue weighted by Crippen LogP contribution is 1.69. The first-order chi connectivity index (χ1) is 6.20. The summed E-state index contributed by atoms with van der Waals surface area (Å²) in [5.41, 5.74) is 0. The molecule has 0 spiro atoms. The molecule has 0 bridgehead atoms. The highest BCUT2D eigenvalue weighted by Gasteiger charge is 1.98. The lowest BCUT2D eigenvalue weighted by molar-refractivity contribution is -0.119. The zero-order chi connectivity index (χ0) is 10.1. The lowest BCUT2D eigenvalue weighted by Gasteiger charge is -2.08. The summed E-state index contributed by atoms with van der Waals surface area (Å²) in [7, 11) is 3.19. The number of likely N-dealkylation sites (N-methyl/N-ethyl adjacent to an activating group) is 1. The molecular formula is C7H15N3O2S. The van der Waals surface area contributed by atoms with Crippen LogP contribution in [-0.2, 0) is 9.53 Å². The van der Waals surface area contributed by atoms with Crippen LogP contribution in [0.5, 0.6) is 0 Å². The van der Waals surface area contributed by atoms with Crippen molar-refractivity contribution in [3.05, 3.63) is 0 Å². The fourth-order valence-corrected chi connectivity index (χ4v) is 0.752. The molecule has 5 nitrogen and oxygen atoms in total. The van der Waals surface area contributed by atoms with Crippen LogP contribution in [0.1, 0.15) is 0 Å². The summed E-state index contributed by atoms with van der Waals surface area (Å²) < 4.78 is 4.81. The molecule has 0 saturated carbocycles. The number of ether oxygens (including phenoxy) is 1. The van der Waals surface area contributed by atoms with Crippen molar-refractivity contribution in [2.24, 2.45) is 0 Å². The molecule has 0 radical (unpaired) electrons. The summed E-state index contributed by atoms with van der Waals surface area (Å²) in [6, 6.07) is 0. The Labute approximate surface area is 83.2 Å². The van der Waals surface area contributed by atoms with E-state index in [4.69, 9.17) is 17.0 Å². The van der Waals surface area contributed by atoms with Gasteiger partial charge in [0.1, 0.15) is 0 Å². The van der Waals surface area contributed by atoms with Crippen molar-refractivity contribution in [1.82, 2.24) is 16.0 Å². The molecule has 13 heavy (non-hydrogen) atoms. The Morgan fingerprint density at radius 1 is 1.46 bits per heavy atom. The van der Waals surface area contributed by atoms with Crippen LogP contribution in [0.15, 0.2) is 0 Å². The second kappa shape index (κ2) is 7.75. The molecular weight excluding hydrogens is 190 g/mol. The molecule has 0 aliphatic heterocycles. The first-order valence-corrected chi connectivity index (χ1v) is 4.32. The van der Waals surface area contributed by atoms with E-state index in [1.165, 1.54) is 0 Å². The Morgan fingerprint density at radius 2 is 2.15 bits per heavy atom. The number of thiocarbonyl (C=S) groups is 1. The normalized spacial score (nSPS) is 9.08. The van der Waals surface area contributed by atoms with Crippen LogP contribution in [0.4, 0.5) is 0 Å². The highest BCUT2D eigenvalue weighted by atomic mass is 32.1. The van der Waals surface area contributed by atoms with E-state index in [0.29, 0.717) is 18.3 Å². The van der Waals surface area contributed by atoms with Crippen molar-refractivity contribution in [1.29, 1.82) is 0 Å². The molecule has 0 heterocycles. The first kappa shape index (κ1) is 12.1. The van der Waals surface area contributed by atoms with Crippen LogP contribution < -0.4 is 16.0 Å². The summed E-state index contributed by atoms with van der Waals surface area (Å²) in [6.45, 7) is 1.41. The summed E-state index contributed by atoms with van der Waals surface area (Å²) >= 11 is 4.88. The molecule has 0 aromatic heterocycles. The molecule has 0 aromatic carbocycles. The minimum atomic E-state index is -0.101. The van der Waals surface area contributed by atoms with Gasteiger partial charge in [0.2, 0.25) is 5.91 Å². The van der Waals surface area contributed by atoms with E-state index in [0.717, 1.165) is 0 Å². The maximum absolute atomic E-state index is 10.8. The predicted octanol–water partition coefficient (Wildman–Crippen LogP) is -1.16. The van der Waals surface area contributed by atoms with Crippen LogP contribution in [0, 0.1) is 0 Å². The summed E-state index contributed by atoms with van der Waals surface area (Å²) in [5.74, 6) is -0.101. The molecule has 0 saturated heterocycles. The van der Waals surface area contributed by atoms with E-state index < -0.39 is 0 Å². The third-order valence-corrected chi connectivity index (χ3v) is 1.57. The van der Waals surface area contributed by atoms with Gasteiger partial charge in [0, 0.05) is 20.7 Å². The number of hydrogen-bond acceptors (Lipinski definition) is 3. The van der Waals surface area contributed by atoms with Crippen molar-refractivity contribution in [3.63, 3.8) is 0 Å². The lowest BCUT2D eigenvalue weighted by Crippen LogP contribution is -2.41. The number of carbonyl (C=O) groups excluding carboxylic acids is 1. The Kier molecular flexibility index (Phi) is 7.23. The zero-order valence-electron chi connectivity index (χ0n) is 7.85. The van der Waals surface area contributed by atoms with Gasteiger partial charge < -0.3 is 20.7 Å². The molecule has 0 fully saturated rings. The zero-order valence-corrected chi connectivity index (χ0v) is 8.66. The maximum Gasteiger partial charge on any atom is 0.239 e. The molecule has 0 rings (SSSR count). The van der Waals surface area contributed by atoms with Crippen LogP contribution in [0.2, 0.25) is 0 Å². The highest BCUT2D eigenvalue weighted by molar-refractivity contribution is 7.80. The van der Waals surface area contributed by atoms with Crippen molar-refractivity contribution in [3.8, 4) is 0 Å². The topological polar surface area (TPSA) is 62.4 Å². The lowest BCUT2D eigenvalue weighted by atomic mass is 10.6. The fourth-order valence-electron chi connectivity index (χ4n) is 0.578. The molecule has 76 valence electrons. The van der Waals surface area contributed by atoms with Gasteiger partial charge in [-0.05, 0) is 12.2 Å². The SMILES string of the molecule is CNC(=O)CNC(=S)NCCOC. The van der Waals surface area contributed by atoms with Crippen molar-refractivity contribution in [2.75, 3.05) is 33.9 Å². The number of methoxy groups -OCH3 is 1. The number of nitrogens with one attached hydrogen (secondary N) is 3. The van der Waals surface area contributed by atoms with Gasteiger partial charge in [-0.15, -0.1) is 0 Å². The monoisotopic (exact) mass is 205 g/mol. The van der Waals surface area contributed by atoms with Gasteiger partial charge in [-0.2, -0.15) is 0 Å². The van der Waals surface area contributed by atoms with Gasteiger partial charge in [-0.1, -0.05) is 0 Å². The van der Waals surface area contributed by atoms with Gasteiger partial charge in [-0.3, -0.25) is 4.79 Å². The molecule has 0 aliphatic rings. The van der Waals surface area contributed by atoms with Crippen LogP contribution in [0.25, 0.3) is 0 Å². The van der Waals surface area contributed by atoms with Gasteiger partial charge in [0.05, 0.1) is 13.2 Å². The average molecular weight is 205 g/mol. The van der Waals surface area contributed by atoms with E-state index in [9.17, 15) is 4.79 Å². The van der Waals surface area contributed by atoms with Gasteiger partial charge in [-0.25, -0.2) is 0 Å². The Hall–Kier alpha value is -0.880. The Balaban J connectivity index is 3.35. The smallest absolute Gasteiger partial charge is 0.239 e. The third-order valence-electron chi connectivity index (χ3n) is 1.28. The van der Waals surface area contributed by atoms with E-state index in [-0.39, 0.29) is 12.5 Å². The van der Waals surface area contributed by atoms with Crippen molar-refractivity contribution >= 4 is 23.2 Å². The number of amides is 1. The van der Waals surface area contributed by atoms with Crippen molar-refractivity contribution < 1.29 is 9.53 Å². The predicted molar refractivity (Wildman–Crippen MR) is 54.5 cm³/mol. The van der Waals surface area contributed by atoms with Gasteiger partial charge >= 0.3 is 0 Å².